The van der Waals surface area contributed by atoms with E-state index < -0.39 is 12.8 Å². The molecule has 0 saturated heterocycles. The number of H-pyrrole nitrogens is 1. The largest absolute Gasteiger partial charge is 0.484 e. The fourth-order valence-electron chi connectivity index (χ4n) is 1.39. The van der Waals surface area contributed by atoms with Crippen molar-refractivity contribution in [1.29, 1.82) is 0 Å². The van der Waals surface area contributed by atoms with Crippen LogP contribution >= 0.6 is 0 Å². The SMILES string of the molecule is Cc1cc2[nH]ncc2cc1OCC(F)(F)F. The Hall–Kier alpha value is -1.72. The first-order valence-corrected chi connectivity index (χ1v) is 4.59. The molecule has 1 heterocycles. The zero-order chi connectivity index (χ0) is 11.8. The number of aryl methyl sites for hydroxylation is 1. The quantitative estimate of drug-likeness (QED) is 0.861. The number of rotatable bonds is 2. The normalized spacial score (nSPS) is 12.0. The molecule has 0 aliphatic heterocycles. The third kappa shape index (κ3) is 2.26. The third-order valence-electron chi connectivity index (χ3n) is 2.13. The second-order valence-electron chi connectivity index (χ2n) is 3.48. The van der Waals surface area contributed by atoms with Crippen LogP contribution in [0.25, 0.3) is 10.9 Å². The van der Waals surface area contributed by atoms with Gasteiger partial charge >= 0.3 is 6.18 Å². The molecule has 1 N–H and O–H groups in total. The second kappa shape index (κ2) is 3.70. The Balaban J connectivity index is 2.26. The van der Waals surface area contributed by atoms with E-state index in [9.17, 15) is 13.2 Å². The molecule has 2 aromatic rings. The molecule has 0 saturated carbocycles. The summed E-state index contributed by atoms with van der Waals surface area (Å²) in [7, 11) is 0. The van der Waals surface area contributed by atoms with Gasteiger partial charge in [0.2, 0.25) is 0 Å². The molecule has 0 aliphatic rings. The van der Waals surface area contributed by atoms with Crippen LogP contribution in [0.1, 0.15) is 5.56 Å². The number of nitrogens with zero attached hydrogens (tertiary/aromatic N) is 1. The summed E-state index contributed by atoms with van der Waals surface area (Å²) in [6, 6.07) is 3.24. The molecule has 0 spiro atoms. The first-order chi connectivity index (χ1) is 7.46. The average Bonchev–Trinajstić information content (AvgIpc) is 2.59. The summed E-state index contributed by atoms with van der Waals surface area (Å²) < 4.78 is 40.7. The minimum Gasteiger partial charge on any atom is -0.484 e. The number of hydrogen-bond acceptors (Lipinski definition) is 2. The van der Waals surface area contributed by atoms with Crippen LogP contribution in [-0.4, -0.2) is 23.0 Å². The molecule has 1 aromatic heterocycles. The van der Waals surface area contributed by atoms with Crippen molar-refractivity contribution in [2.75, 3.05) is 6.61 Å². The van der Waals surface area contributed by atoms with Crippen molar-refractivity contribution in [2.24, 2.45) is 0 Å². The molecule has 6 heteroatoms. The Morgan fingerprint density at radius 1 is 1.38 bits per heavy atom. The lowest BCUT2D eigenvalue weighted by Gasteiger charge is -2.11. The number of nitrogens with one attached hydrogen (secondary N) is 1. The first-order valence-electron chi connectivity index (χ1n) is 4.59. The number of ether oxygens (including phenoxy) is 1. The van der Waals surface area contributed by atoms with E-state index >= 15 is 0 Å². The lowest BCUT2D eigenvalue weighted by atomic mass is 10.1. The van der Waals surface area contributed by atoms with Crippen LogP contribution in [0.3, 0.4) is 0 Å². The number of benzene rings is 1. The molecule has 86 valence electrons. The van der Waals surface area contributed by atoms with Crippen LogP contribution in [0.5, 0.6) is 5.75 Å². The summed E-state index contributed by atoms with van der Waals surface area (Å²) in [5.74, 6) is 0.228. The van der Waals surface area contributed by atoms with Gasteiger partial charge < -0.3 is 4.74 Å². The summed E-state index contributed by atoms with van der Waals surface area (Å²) >= 11 is 0. The highest BCUT2D eigenvalue weighted by atomic mass is 19.4. The highest BCUT2D eigenvalue weighted by Crippen LogP contribution is 2.26. The maximum absolute atomic E-state index is 12.0. The average molecular weight is 230 g/mol. The molecule has 16 heavy (non-hydrogen) atoms. The van der Waals surface area contributed by atoms with E-state index in [0.29, 0.717) is 5.56 Å². The fraction of sp³-hybridized carbons (Fsp3) is 0.300. The third-order valence-corrected chi connectivity index (χ3v) is 2.13. The summed E-state index contributed by atoms with van der Waals surface area (Å²) in [6.45, 7) is 0.406. The molecule has 0 atom stereocenters. The topological polar surface area (TPSA) is 37.9 Å². The Bertz CT molecular complexity index is 504. The zero-order valence-corrected chi connectivity index (χ0v) is 8.43. The van der Waals surface area contributed by atoms with Crippen molar-refractivity contribution in [1.82, 2.24) is 10.2 Å². The smallest absolute Gasteiger partial charge is 0.422 e. The Morgan fingerprint density at radius 3 is 2.81 bits per heavy atom. The van der Waals surface area contributed by atoms with Crippen molar-refractivity contribution >= 4 is 10.9 Å². The van der Waals surface area contributed by atoms with E-state index in [1.165, 1.54) is 6.20 Å². The van der Waals surface area contributed by atoms with Crippen molar-refractivity contribution in [3.8, 4) is 5.75 Å². The molecule has 0 unspecified atom stereocenters. The number of fused-ring (bicyclic) bond motifs is 1. The molecule has 0 fully saturated rings. The number of halogens is 3. The van der Waals surface area contributed by atoms with Crippen LogP contribution in [0.2, 0.25) is 0 Å². The monoisotopic (exact) mass is 230 g/mol. The van der Waals surface area contributed by atoms with E-state index in [4.69, 9.17) is 4.74 Å². The highest BCUT2D eigenvalue weighted by molar-refractivity contribution is 5.80. The van der Waals surface area contributed by atoms with Gasteiger partial charge in [-0.1, -0.05) is 0 Å². The number of aromatic nitrogens is 2. The van der Waals surface area contributed by atoms with Gasteiger partial charge in [0, 0.05) is 5.39 Å². The van der Waals surface area contributed by atoms with Crippen molar-refractivity contribution in [2.45, 2.75) is 13.1 Å². The van der Waals surface area contributed by atoms with E-state index in [-0.39, 0.29) is 5.75 Å². The van der Waals surface area contributed by atoms with E-state index in [0.717, 1.165) is 10.9 Å². The molecular formula is C10H9F3N2O. The van der Waals surface area contributed by atoms with E-state index in [1.807, 2.05) is 0 Å². The van der Waals surface area contributed by atoms with E-state index in [2.05, 4.69) is 10.2 Å². The summed E-state index contributed by atoms with van der Waals surface area (Å²) in [4.78, 5) is 0. The second-order valence-corrected chi connectivity index (χ2v) is 3.48. The van der Waals surface area contributed by atoms with Gasteiger partial charge in [-0.05, 0) is 24.6 Å². The summed E-state index contributed by atoms with van der Waals surface area (Å²) in [5.41, 5.74) is 1.41. The Morgan fingerprint density at radius 2 is 2.12 bits per heavy atom. The number of aromatic amines is 1. The molecule has 1 aromatic carbocycles. The van der Waals surface area contributed by atoms with E-state index in [1.54, 1.807) is 19.1 Å². The maximum Gasteiger partial charge on any atom is 0.422 e. The van der Waals surface area contributed by atoms with Gasteiger partial charge in [0.25, 0.3) is 0 Å². The lowest BCUT2D eigenvalue weighted by molar-refractivity contribution is -0.153. The van der Waals surface area contributed by atoms with Gasteiger partial charge in [-0.15, -0.1) is 0 Å². The van der Waals surface area contributed by atoms with Crippen molar-refractivity contribution in [3.05, 3.63) is 23.9 Å². The molecule has 0 bridgehead atoms. The predicted octanol–water partition coefficient (Wildman–Crippen LogP) is 2.81. The highest BCUT2D eigenvalue weighted by Gasteiger charge is 2.28. The zero-order valence-electron chi connectivity index (χ0n) is 8.43. The van der Waals surface area contributed by atoms with Crippen LogP contribution in [0.15, 0.2) is 18.3 Å². The van der Waals surface area contributed by atoms with Gasteiger partial charge in [-0.25, -0.2) is 0 Å². The van der Waals surface area contributed by atoms with Gasteiger partial charge in [-0.2, -0.15) is 18.3 Å². The van der Waals surface area contributed by atoms with Crippen LogP contribution in [0.4, 0.5) is 13.2 Å². The molecule has 0 amide bonds. The minimum absolute atomic E-state index is 0.228. The van der Waals surface area contributed by atoms with Crippen LogP contribution in [-0.2, 0) is 0 Å². The standard InChI is InChI=1S/C10H9F3N2O/c1-6-2-8-7(4-14-15-8)3-9(6)16-5-10(11,12)13/h2-4H,5H2,1H3,(H,14,15). The Kier molecular flexibility index (Phi) is 2.49. The van der Waals surface area contributed by atoms with Crippen molar-refractivity contribution < 1.29 is 17.9 Å². The molecule has 0 aliphatic carbocycles. The molecule has 2 rings (SSSR count). The number of hydrogen-bond donors (Lipinski definition) is 1. The molecular weight excluding hydrogens is 221 g/mol. The summed E-state index contributed by atoms with van der Waals surface area (Å²) in [5, 5.41) is 7.25. The van der Waals surface area contributed by atoms with Crippen LogP contribution in [0, 0.1) is 6.92 Å². The maximum atomic E-state index is 12.0. The fourth-order valence-corrected chi connectivity index (χ4v) is 1.39. The molecule has 3 nitrogen and oxygen atoms in total. The number of alkyl halides is 3. The van der Waals surface area contributed by atoms with Gasteiger partial charge in [0.1, 0.15) is 5.75 Å². The van der Waals surface area contributed by atoms with Gasteiger partial charge in [-0.3, -0.25) is 5.10 Å². The van der Waals surface area contributed by atoms with Gasteiger partial charge in [0.05, 0.1) is 11.7 Å². The predicted molar refractivity (Wildman–Crippen MR) is 52.4 cm³/mol. The van der Waals surface area contributed by atoms with Crippen molar-refractivity contribution in [3.63, 3.8) is 0 Å². The summed E-state index contributed by atoms with van der Waals surface area (Å²) in [6.07, 6.45) is -2.78. The van der Waals surface area contributed by atoms with Gasteiger partial charge in [0.15, 0.2) is 6.61 Å². The lowest BCUT2D eigenvalue weighted by Crippen LogP contribution is -2.19. The minimum atomic E-state index is -4.32. The first kappa shape index (κ1) is 10.8. The van der Waals surface area contributed by atoms with Crippen LogP contribution < -0.4 is 4.74 Å². The molecule has 0 radical (unpaired) electrons. The Labute approximate surface area is 89.2 Å².